The van der Waals surface area contributed by atoms with Crippen molar-refractivity contribution in [3.8, 4) is 0 Å². The van der Waals surface area contributed by atoms with E-state index in [1.165, 1.54) is 22.2 Å². The second-order valence-corrected chi connectivity index (χ2v) is 6.89. The van der Waals surface area contributed by atoms with Crippen molar-refractivity contribution in [2.45, 2.75) is 11.9 Å². The number of halogens is 1. The summed E-state index contributed by atoms with van der Waals surface area (Å²) in [4.78, 5) is 7.15. The molecule has 0 bridgehead atoms. The summed E-state index contributed by atoms with van der Waals surface area (Å²) in [6.07, 6.45) is 0.972. The number of fused-ring (bicyclic) bond motifs is 2. The topological polar surface area (TPSA) is 16.1 Å². The molecule has 3 heteroatoms. The summed E-state index contributed by atoms with van der Waals surface area (Å²) in [5, 5.41) is 2.36. The van der Waals surface area contributed by atoms with E-state index >= 15 is 0 Å². The van der Waals surface area contributed by atoms with Gasteiger partial charge in [0.2, 0.25) is 0 Å². The number of benzene rings is 3. The highest BCUT2D eigenvalue weighted by Crippen LogP contribution is 2.48. The molecule has 0 spiro atoms. The molecule has 0 aliphatic carbocycles. The van der Waals surface area contributed by atoms with Crippen LogP contribution in [0.15, 0.2) is 72.8 Å². The van der Waals surface area contributed by atoms with Crippen LogP contribution in [0.1, 0.15) is 16.6 Å². The van der Waals surface area contributed by atoms with E-state index in [4.69, 9.17) is 16.6 Å². The molecule has 25 heavy (non-hydrogen) atoms. The highest BCUT2D eigenvalue weighted by Gasteiger charge is 2.31. The van der Waals surface area contributed by atoms with Gasteiger partial charge >= 0.3 is 0 Å². The first-order valence-corrected chi connectivity index (χ1v) is 9.02. The molecule has 1 unspecified atom stereocenters. The van der Waals surface area contributed by atoms with Crippen molar-refractivity contribution >= 4 is 39.1 Å². The van der Waals surface area contributed by atoms with Gasteiger partial charge in [-0.05, 0) is 30.2 Å². The first-order chi connectivity index (χ1) is 12.3. The summed E-state index contributed by atoms with van der Waals surface area (Å²) in [6.45, 7) is 0.889. The molecule has 2 nitrogen and oxygen atoms in total. The van der Waals surface area contributed by atoms with Crippen LogP contribution in [0.5, 0.6) is 0 Å². The molecule has 0 saturated heterocycles. The number of alkyl halides is 1. The minimum absolute atomic E-state index is 0.156. The van der Waals surface area contributed by atoms with E-state index in [9.17, 15) is 0 Å². The number of hydrogen-bond acceptors (Lipinski definition) is 2. The molecule has 0 fully saturated rings. The van der Waals surface area contributed by atoms with Gasteiger partial charge in [-0.3, -0.25) is 0 Å². The highest BCUT2D eigenvalue weighted by atomic mass is 35.5. The molecule has 0 N–H and O–H groups in total. The van der Waals surface area contributed by atoms with Gasteiger partial charge in [-0.25, -0.2) is 4.98 Å². The number of rotatable bonds is 3. The summed E-state index contributed by atoms with van der Waals surface area (Å²) in [5.74, 6) is 0. The third kappa shape index (κ3) is 2.29. The number of nitrogens with zero attached hydrogens (tertiary/aromatic N) is 2. The van der Waals surface area contributed by atoms with Crippen molar-refractivity contribution in [2.75, 3.05) is 11.4 Å². The van der Waals surface area contributed by atoms with Crippen molar-refractivity contribution in [3.05, 3.63) is 83.9 Å². The standard InChI is InChI=1S/C22H17ClN2/c23-22-20-16-9-4-5-10-17(16)24-18-11-6-12-19(21(18)20)25(22)14-13-15-7-2-1-3-8-15/h1-12,22H,13-14H2. The molecule has 1 aliphatic heterocycles. The molecule has 5 rings (SSSR count). The van der Waals surface area contributed by atoms with E-state index in [-0.39, 0.29) is 5.50 Å². The number of para-hydroxylation sites is 1. The molecule has 1 aromatic heterocycles. The van der Waals surface area contributed by atoms with Crippen molar-refractivity contribution in [2.24, 2.45) is 0 Å². The highest BCUT2D eigenvalue weighted by molar-refractivity contribution is 6.27. The van der Waals surface area contributed by atoms with E-state index in [1.54, 1.807) is 0 Å². The Morgan fingerprint density at radius 3 is 2.48 bits per heavy atom. The Hall–Kier alpha value is -2.58. The third-order valence-electron chi connectivity index (χ3n) is 5.03. The van der Waals surface area contributed by atoms with E-state index < -0.39 is 0 Å². The predicted octanol–water partition coefficient (Wildman–Crippen LogP) is 5.69. The average Bonchev–Trinajstić information content (AvgIpc) is 2.95. The van der Waals surface area contributed by atoms with Crippen LogP contribution in [0, 0.1) is 0 Å². The first kappa shape index (κ1) is 14.7. The van der Waals surface area contributed by atoms with Crippen LogP contribution in [-0.4, -0.2) is 11.5 Å². The number of pyridine rings is 1. The second kappa shape index (κ2) is 5.75. The lowest BCUT2D eigenvalue weighted by molar-refractivity contribution is 0.787. The number of aromatic nitrogens is 1. The maximum atomic E-state index is 6.96. The number of anilines is 1. The Balaban J connectivity index is 1.62. The molecule has 1 atom stereocenters. The lowest BCUT2D eigenvalue weighted by atomic mass is 10.0. The minimum Gasteiger partial charge on any atom is -0.351 e. The first-order valence-electron chi connectivity index (χ1n) is 8.59. The van der Waals surface area contributed by atoms with Crippen molar-refractivity contribution in [1.29, 1.82) is 0 Å². The van der Waals surface area contributed by atoms with Crippen LogP contribution < -0.4 is 4.90 Å². The Labute approximate surface area is 151 Å². The van der Waals surface area contributed by atoms with E-state index in [0.717, 1.165) is 29.4 Å². The predicted molar refractivity (Wildman–Crippen MR) is 105 cm³/mol. The third-order valence-corrected chi connectivity index (χ3v) is 5.48. The normalized spacial score (nSPS) is 16.0. The summed E-state index contributed by atoms with van der Waals surface area (Å²) in [6, 6.07) is 25.2. The Bertz CT molecular complexity index is 1080. The van der Waals surface area contributed by atoms with Crippen LogP contribution in [0.4, 0.5) is 5.69 Å². The van der Waals surface area contributed by atoms with Gasteiger partial charge in [-0.2, -0.15) is 0 Å². The molecule has 4 aromatic rings. The average molecular weight is 345 g/mol. The summed E-state index contributed by atoms with van der Waals surface area (Å²) < 4.78 is 0. The SMILES string of the molecule is ClC1c2c3ccccc3nc3cccc(c23)N1CCc1ccccc1. The molecule has 0 amide bonds. The molecule has 0 saturated carbocycles. The van der Waals surface area contributed by atoms with E-state index in [0.29, 0.717) is 0 Å². The van der Waals surface area contributed by atoms with Crippen LogP contribution in [0.2, 0.25) is 0 Å². The fourth-order valence-electron chi connectivity index (χ4n) is 3.85. The molecular formula is C22H17ClN2. The van der Waals surface area contributed by atoms with Gasteiger partial charge in [0.25, 0.3) is 0 Å². The van der Waals surface area contributed by atoms with Gasteiger partial charge in [0.15, 0.2) is 0 Å². The fraction of sp³-hybridized carbons (Fsp3) is 0.136. The van der Waals surface area contributed by atoms with E-state index in [2.05, 4.69) is 71.6 Å². The van der Waals surface area contributed by atoms with E-state index in [1.807, 2.05) is 6.07 Å². The fourth-order valence-corrected chi connectivity index (χ4v) is 4.28. The molecule has 0 radical (unpaired) electrons. The molecule has 122 valence electrons. The minimum atomic E-state index is -0.156. The summed E-state index contributed by atoms with van der Waals surface area (Å²) >= 11 is 6.96. The summed E-state index contributed by atoms with van der Waals surface area (Å²) in [5.41, 5.74) is 5.61. The van der Waals surface area contributed by atoms with Gasteiger partial charge in [0, 0.05) is 28.6 Å². The van der Waals surface area contributed by atoms with Crippen LogP contribution in [0.25, 0.3) is 21.8 Å². The van der Waals surface area contributed by atoms with Gasteiger partial charge in [-0.1, -0.05) is 66.2 Å². The van der Waals surface area contributed by atoms with Gasteiger partial charge in [-0.15, -0.1) is 0 Å². The number of hydrogen-bond donors (Lipinski definition) is 0. The van der Waals surface area contributed by atoms with Crippen LogP contribution in [-0.2, 0) is 6.42 Å². The smallest absolute Gasteiger partial charge is 0.131 e. The monoisotopic (exact) mass is 344 g/mol. The van der Waals surface area contributed by atoms with Gasteiger partial charge < -0.3 is 4.90 Å². The zero-order valence-electron chi connectivity index (χ0n) is 13.7. The second-order valence-electron chi connectivity index (χ2n) is 6.48. The Morgan fingerprint density at radius 1 is 0.840 bits per heavy atom. The quantitative estimate of drug-likeness (QED) is 0.270. The molecule has 3 aromatic carbocycles. The molecule has 2 heterocycles. The van der Waals surface area contributed by atoms with Crippen molar-refractivity contribution < 1.29 is 0 Å². The molecule has 1 aliphatic rings. The van der Waals surface area contributed by atoms with Crippen molar-refractivity contribution in [3.63, 3.8) is 0 Å². The molecular weight excluding hydrogens is 328 g/mol. The Kier molecular flexibility index (Phi) is 3.39. The zero-order valence-corrected chi connectivity index (χ0v) is 14.4. The lowest BCUT2D eigenvalue weighted by Gasteiger charge is -2.24. The maximum absolute atomic E-state index is 6.96. The Morgan fingerprint density at radius 2 is 1.60 bits per heavy atom. The summed E-state index contributed by atoms with van der Waals surface area (Å²) in [7, 11) is 0. The van der Waals surface area contributed by atoms with Crippen LogP contribution >= 0.6 is 11.6 Å². The van der Waals surface area contributed by atoms with Gasteiger partial charge in [0.1, 0.15) is 5.50 Å². The largest absolute Gasteiger partial charge is 0.351 e. The van der Waals surface area contributed by atoms with Crippen LogP contribution in [0.3, 0.4) is 0 Å². The zero-order chi connectivity index (χ0) is 16.8. The van der Waals surface area contributed by atoms with Gasteiger partial charge in [0.05, 0.1) is 11.0 Å². The van der Waals surface area contributed by atoms with Crippen molar-refractivity contribution in [1.82, 2.24) is 4.98 Å². The maximum Gasteiger partial charge on any atom is 0.131 e. The lowest BCUT2D eigenvalue weighted by Crippen LogP contribution is -2.24.